The number of piperidine rings is 1. The second-order valence-electron chi connectivity index (χ2n) is 12.9. The van der Waals surface area contributed by atoms with Gasteiger partial charge in [-0.1, -0.05) is 24.3 Å². The smallest absolute Gasteiger partial charge is 0.223 e. The molecular weight excluding hydrogens is 475 g/mol. The Labute approximate surface area is 224 Å². The van der Waals surface area contributed by atoms with Crippen LogP contribution in [0, 0.1) is 34.9 Å². The molecule has 4 bridgehead atoms. The van der Waals surface area contributed by atoms with Crippen molar-refractivity contribution in [1.29, 1.82) is 0 Å². The topological polar surface area (TPSA) is 50.2 Å². The number of anilines is 1. The van der Waals surface area contributed by atoms with E-state index in [0.29, 0.717) is 12.0 Å². The van der Waals surface area contributed by atoms with E-state index in [2.05, 4.69) is 27.8 Å². The number of imidazole rings is 1. The number of carbonyl (C=O) groups is 1. The molecule has 5 aliphatic rings. The summed E-state index contributed by atoms with van der Waals surface area (Å²) in [6.45, 7) is 4.46. The van der Waals surface area contributed by atoms with Gasteiger partial charge in [0.2, 0.25) is 11.9 Å². The lowest BCUT2D eigenvalue weighted by molar-refractivity contribution is -0.130. The molecule has 1 aliphatic heterocycles. The van der Waals surface area contributed by atoms with Gasteiger partial charge in [0, 0.05) is 25.0 Å². The highest BCUT2D eigenvalue weighted by molar-refractivity contribution is 5.80. The van der Waals surface area contributed by atoms with Crippen LogP contribution in [0.1, 0.15) is 63.9 Å². The minimum Gasteiger partial charge on any atom is -0.353 e. The lowest BCUT2D eigenvalue weighted by Crippen LogP contribution is -2.56. The molecule has 2 aromatic carbocycles. The van der Waals surface area contributed by atoms with Crippen LogP contribution < -0.4 is 10.2 Å². The van der Waals surface area contributed by atoms with E-state index in [1.807, 2.05) is 24.3 Å². The van der Waals surface area contributed by atoms with Gasteiger partial charge in [0.15, 0.2) is 0 Å². The Balaban J connectivity index is 1.04. The molecule has 200 valence electrons. The predicted octanol–water partition coefficient (Wildman–Crippen LogP) is 6.16. The summed E-state index contributed by atoms with van der Waals surface area (Å²) in [5.41, 5.74) is 3.26. The first-order chi connectivity index (χ1) is 18.5. The van der Waals surface area contributed by atoms with Crippen LogP contribution in [-0.2, 0) is 11.3 Å². The van der Waals surface area contributed by atoms with Crippen LogP contribution in [0.25, 0.3) is 11.0 Å². The van der Waals surface area contributed by atoms with E-state index in [9.17, 15) is 9.18 Å². The number of carbonyl (C=O) groups excluding carboxylic acids is 1. The summed E-state index contributed by atoms with van der Waals surface area (Å²) in [6.07, 6.45) is 9.93. The average molecular weight is 515 g/mol. The fourth-order valence-corrected chi connectivity index (χ4v) is 8.81. The van der Waals surface area contributed by atoms with Crippen LogP contribution in [0.2, 0.25) is 0 Å². The second kappa shape index (κ2) is 9.39. The van der Waals surface area contributed by atoms with E-state index in [0.717, 1.165) is 66.2 Å². The maximum Gasteiger partial charge on any atom is 0.223 e. The van der Waals surface area contributed by atoms with E-state index in [1.165, 1.54) is 44.6 Å². The fraction of sp³-hybridized carbons (Fsp3) is 0.562. The van der Waals surface area contributed by atoms with Crippen molar-refractivity contribution in [3.63, 3.8) is 0 Å². The molecule has 1 saturated heterocycles. The molecule has 0 radical (unpaired) electrons. The zero-order chi connectivity index (χ0) is 25.9. The number of benzene rings is 2. The molecule has 4 saturated carbocycles. The number of fused-ring (bicyclic) bond motifs is 1. The summed E-state index contributed by atoms with van der Waals surface area (Å²) in [4.78, 5) is 20.7. The van der Waals surface area contributed by atoms with Crippen LogP contribution in [0.3, 0.4) is 0 Å². The quantitative estimate of drug-likeness (QED) is 0.429. The average Bonchev–Trinajstić information content (AvgIpc) is 3.26. The monoisotopic (exact) mass is 514 g/mol. The molecule has 38 heavy (non-hydrogen) atoms. The Kier molecular flexibility index (Phi) is 5.97. The maximum atomic E-state index is 13.9. The van der Waals surface area contributed by atoms with Crippen molar-refractivity contribution in [3.8, 4) is 0 Å². The van der Waals surface area contributed by atoms with Crippen molar-refractivity contribution in [2.45, 2.75) is 70.9 Å². The number of nitrogens with zero attached hydrogens (tertiary/aromatic N) is 3. The summed E-state index contributed by atoms with van der Waals surface area (Å²) >= 11 is 0. The number of nitrogens with one attached hydrogen (secondary N) is 1. The molecule has 1 amide bonds. The number of aromatic nitrogens is 2. The number of para-hydroxylation sites is 2. The van der Waals surface area contributed by atoms with E-state index in [-0.39, 0.29) is 23.7 Å². The first kappa shape index (κ1) is 24.2. The Morgan fingerprint density at radius 3 is 2.39 bits per heavy atom. The highest BCUT2D eigenvalue weighted by Crippen LogP contribution is 2.61. The highest BCUT2D eigenvalue weighted by atomic mass is 19.1. The number of hydrogen-bond acceptors (Lipinski definition) is 3. The number of halogens is 1. The van der Waals surface area contributed by atoms with E-state index < -0.39 is 0 Å². The van der Waals surface area contributed by atoms with Gasteiger partial charge in [0.25, 0.3) is 0 Å². The molecule has 1 atom stereocenters. The van der Waals surface area contributed by atoms with Crippen LogP contribution in [-0.4, -0.2) is 34.6 Å². The van der Waals surface area contributed by atoms with E-state index in [1.54, 1.807) is 12.1 Å². The minimum absolute atomic E-state index is 0.0589. The molecule has 1 N–H and O–H groups in total. The standard InChI is InChI=1S/C32H39FN4O/c1-21(32-17-23-13-24(18-32)15-25(14-23)19-32)34-30(38)26-9-11-36(12-10-26)31-35-28-7-2-3-8-29(28)37(31)20-22-5-4-6-27(33)16-22/h2-8,16,21,23-26H,9-15,17-20H2,1H3,(H,34,38). The SMILES string of the molecule is CC(NC(=O)C1CCN(c2nc3ccccc3n2Cc2cccc(F)c2)CC1)C12CC3CC(CC(C3)C1)C2. The van der Waals surface area contributed by atoms with Gasteiger partial charge in [-0.3, -0.25) is 4.79 Å². The lowest BCUT2D eigenvalue weighted by atomic mass is 9.48. The third-order valence-corrected chi connectivity index (χ3v) is 10.4. The molecule has 4 aliphatic carbocycles. The van der Waals surface area contributed by atoms with Gasteiger partial charge in [-0.2, -0.15) is 0 Å². The van der Waals surface area contributed by atoms with Crippen molar-refractivity contribution in [3.05, 3.63) is 59.9 Å². The Hall–Kier alpha value is -2.89. The van der Waals surface area contributed by atoms with Crippen molar-refractivity contribution in [2.75, 3.05) is 18.0 Å². The normalized spacial score (nSPS) is 29.6. The third-order valence-electron chi connectivity index (χ3n) is 10.4. The molecule has 8 rings (SSSR count). The summed E-state index contributed by atoms with van der Waals surface area (Å²) in [5.74, 6) is 3.70. The molecule has 5 fully saturated rings. The van der Waals surface area contributed by atoms with Gasteiger partial charge in [0.05, 0.1) is 17.6 Å². The Bertz CT molecular complexity index is 1300. The number of rotatable bonds is 6. The lowest BCUT2D eigenvalue weighted by Gasteiger charge is -2.59. The number of amides is 1. The van der Waals surface area contributed by atoms with Crippen molar-refractivity contribution in [1.82, 2.24) is 14.9 Å². The molecule has 1 unspecified atom stereocenters. The molecule has 1 aromatic heterocycles. The highest BCUT2D eigenvalue weighted by Gasteiger charge is 2.53. The van der Waals surface area contributed by atoms with Gasteiger partial charge in [0.1, 0.15) is 5.82 Å². The Morgan fingerprint density at radius 1 is 1.03 bits per heavy atom. The fourth-order valence-electron chi connectivity index (χ4n) is 8.81. The first-order valence-electron chi connectivity index (χ1n) is 14.7. The summed E-state index contributed by atoms with van der Waals surface area (Å²) in [5, 5.41) is 3.52. The van der Waals surface area contributed by atoms with E-state index in [4.69, 9.17) is 4.98 Å². The summed E-state index contributed by atoms with van der Waals surface area (Å²) in [6, 6.07) is 15.2. The van der Waals surface area contributed by atoms with Gasteiger partial charge in [-0.15, -0.1) is 0 Å². The predicted molar refractivity (Wildman–Crippen MR) is 148 cm³/mol. The van der Waals surface area contributed by atoms with Gasteiger partial charge in [-0.05, 0) is 111 Å². The molecule has 3 aromatic rings. The van der Waals surface area contributed by atoms with Crippen molar-refractivity contribution in [2.24, 2.45) is 29.1 Å². The van der Waals surface area contributed by atoms with Crippen LogP contribution in [0.5, 0.6) is 0 Å². The van der Waals surface area contributed by atoms with Gasteiger partial charge in [-0.25, -0.2) is 9.37 Å². The molecular formula is C32H39FN4O. The summed E-state index contributed by atoms with van der Waals surface area (Å²) < 4.78 is 16.1. The maximum absolute atomic E-state index is 13.9. The second-order valence-corrected chi connectivity index (χ2v) is 12.9. The summed E-state index contributed by atoms with van der Waals surface area (Å²) in [7, 11) is 0. The van der Waals surface area contributed by atoms with Crippen molar-refractivity contribution >= 4 is 22.9 Å². The molecule has 6 heteroatoms. The zero-order valence-electron chi connectivity index (χ0n) is 22.4. The molecule has 5 nitrogen and oxygen atoms in total. The van der Waals surface area contributed by atoms with Gasteiger partial charge >= 0.3 is 0 Å². The van der Waals surface area contributed by atoms with Crippen molar-refractivity contribution < 1.29 is 9.18 Å². The van der Waals surface area contributed by atoms with Crippen LogP contribution in [0.4, 0.5) is 10.3 Å². The Morgan fingerprint density at radius 2 is 1.71 bits per heavy atom. The zero-order valence-corrected chi connectivity index (χ0v) is 22.4. The van der Waals surface area contributed by atoms with Gasteiger partial charge < -0.3 is 14.8 Å². The van der Waals surface area contributed by atoms with Crippen LogP contribution >= 0.6 is 0 Å². The first-order valence-corrected chi connectivity index (χ1v) is 14.7. The van der Waals surface area contributed by atoms with Crippen LogP contribution in [0.15, 0.2) is 48.5 Å². The minimum atomic E-state index is -0.219. The number of hydrogen-bond donors (Lipinski definition) is 1. The third kappa shape index (κ3) is 4.30. The molecule has 2 heterocycles. The largest absolute Gasteiger partial charge is 0.353 e. The molecule has 0 spiro atoms. The van der Waals surface area contributed by atoms with E-state index >= 15 is 0 Å².